The smallest absolute Gasteiger partial charge is 0.408 e. The number of hydrogen-bond acceptors (Lipinski definition) is 2. The van der Waals surface area contributed by atoms with Crippen molar-refractivity contribution in [1.82, 2.24) is 5.32 Å². The van der Waals surface area contributed by atoms with Crippen molar-refractivity contribution in [1.29, 1.82) is 0 Å². The number of hydrogen-bond donors (Lipinski definition) is 1. The minimum absolute atomic E-state index is 0.496. The Labute approximate surface area is 89.4 Å². The molecule has 1 amide bonds. The standard InChI is InChI=1S/C12H13NO2/c1-3-11(15-12(14)13-4-2)10-8-6-5-7-9-10/h1,5-9,11H,4H2,2H3,(H,13,14). The molecule has 3 heteroatoms. The summed E-state index contributed by atoms with van der Waals surface area (Å²) >= 11 is 0. The molecule has 15 heavy (non-hydrogen) atoms. The van der Waals surface area contributed by atoms with Crippen LogP contribution in [0.1, 0.15) is 18.6 Å². The van der Waals surface area contributed by atoms with Crippen LogP contribution in [-0.4, -0.2) is 12.6 Å². The molecule has 1 aromatic carbocycles. The van der Waals surface area contributed by atoms with Gasteiger partial charge in [0.15, 0.2) is 6.10 Å². The highest BCUT2D eigenvalue weighted by Crippen LogP contribution is 2.15. The van der Waals surface area contributed by atoms with E-state index in [4.69, 9.17) is 11.2 Å². The van der Waals surface area contributed by atoms with Crippen LogP contribution in [0, 0.1) is 12.3 Å². The molecule has 1 N–H and O–H groups in total. The van der Waals surface area contributed by atoms with Gasteiger partial charge in [0.1, 0.15) is 0 Å². The van der Waals surface area contributed by atoms with Crippen LogP contribution in [0.4, 0.5) is 4.79 Å². The van der Waals surface area contributed by atoms with Crippen LogP contribution in [0.15, 0.2) is 30.3 Å². The number of rotatable bonds is 3. The first-order chi connectivity index (χ1) is 7.27. The van der Waals surface area contributed by atoms with Gasteiger partial charge in [-0.05, 0) is 6.92 Å². The van der Waals surface area contributed by atoms with E-state index in [1.807, 2.05) is 37.3 Å². The van der Waals surface area contributed by atoms with E-state index in [9.17, 15) is 4.79 Å². The zero-order valence-corrected chi connectivity index (χ0v) is 8.57. The number of ether oxygens (including phenoxy) is 1. The van der Waals surface area contributed by atoms with E-state index in [1.165, 1.54) is 0 Å². The van der Waals surface area contributed by atoms with Crippen LogP contribution in [0.2, 0.25) is 0 Å². The molecular formula is C12H13NO2. The van der Waals surface area contributed by atoms with Crippen LogP contribution in [0.25, 0.3) is 0 Å². The molecule has 0 bridgehead atoms. The van der Waals surface area contributed by atoms with Gasteiger partial charge in [-0.3, -0.25) is 0 Å². The van der Waals surface area contributed by atoms with Crippen LogP contribution in [0.5, 0.6) is 0 Å². The Bertz CT molecular complexity index is 354. The minimum Gasteiger partial charge on any atom is -0.428 e. The molecule has 0 heterocycles. The second kappa shape index (κ2) is 5.71. The Morgan fingerprint density at radius 3 is 2.73 bits per heavy atom. The summed E-state index contributed by atoms with van der Waals surface area (Å²) in [4.78, 5) is 11.2. The first kappa shape index (κ1) is 11.1. The number of carbonyl (C=O) groups excluding carboxylic acids is 1. The summed E-state index contributed by atoms with van der Waals surface area (Å²) in [7, 11) is 0. The predicted octanol–water partition coefficient (Wildman–Crippen LogP) is 2.11. The largest absolute Gasteiger partial charge is 0.428 e. The van der Waals surface area contributed by atoms with E-state index < -0.39 is 12.2 Å². The van der Waals surface area contributed by atoms with Crippen molar-refractivity contribution < 1.29 is 9.53 Å². The van der Waals surface area contributed by atoms with Crippen molar-refractivity contribution in [3.63, 3.8) is 0 Å². The maximum absolute atomic E-state index is 11.2. The molecule has 0 saturated heterocycles. The van der Waals surface area contributed by atoms with Gasteiger partial charge in [0.2, 0.25) is 0 Å². The Kier molecular flexibility index (Phi) is 4.24. The fraction of sp³-hybridized carbons (Fsp3) is 0.250. The molecule has 0 fully saturated rings. The van der Waals surface area contributed by atoms with Gasteiger partial charge in [-0.1, -0.05) is 36.3 Å². The van der Waals surface area contributed by atoms with E-state index >= 15 is 0 Å². The Morgan fingerprint density at radius 2 is 2.20 bits per heavy atom. The third-order valence-corrected chi connectivity index (χ3v) is 1.80. The lowest BCUT2D eigenvalue weighted by Crippen LogP contribution is -2.25. The quantitative estimate of drug-likeness (QED) is 0.764. The molecule has 0 saturated carbocycles. The number of alkyl carbamates (subject to hydrolysis) is 1. The summed E-state index contributed by atoms with van der Waals surface area (Å²) in [6.07, 6.45) is 4.17. The lowest BCUT2D eigenvalue weighted by molar-refractivity contribution is 0.124. The van der Waals surface area contributed by atoms with Crippen LogP contribution >= 0.6 is 0 Å². The van der Waals surface area contributed by atoms with Gasteiger partial charge < -0.3 is 10.1 Å². The van der Waals surface area contributed by atoms with Crippen LogP contribution < -0.4 is 5.32 Å². The van der Waals surface area contributed by atoms with E-state index in [0.29, 0.717) is 6.54 Å². The van der Waals surface area contributed by atoms with Gasteiger partial charge in [0.05, 0.1) is 0 Å². The van der Waals surface area contributed by atoms with E-state index in [1.54, 1.807) is 0 Å². The summed E-state index contributed by atoms with van der Waals surface area (Å²) in [6.45, 7) is 2.33. The van der Waals surface area contributed by atoms with E-state index in [0.717, 1.165) is 5.56 Å². The molecule has 0 aliphatic heterocycles. The van der Waals surface area contributed by atoms with Gasteiger partial charge in [-0.15, -0.1) is 6.42 Å². The summed E-state index contributed by atoms with van der Waals surface area (Å²) in [5, 5.41) is 2.52. The van der Waals surface area contributed by atoms with Gasteiger partial charge in [0.25, 0.3) is 0 Å². The Balaban J connectivity index is 2.66. The van der Waals surface area contributed by atoms with Gasteiger partial charge in [-0.2, -0.15) is 0 Å². The van der Waals surface area contributed by atoms with Gasteiger partial charge in [-0.25, -0.2) is 4.79 Å². The number of benzene rings is 1. The number of terminal acetylenes is 1. The molecule has 78 valence electrons. The summed E-state index contributed by atoms with van der Waals surface area (Å²) in [5.74, 6) is 2.42. The van der Waals surface area contributed by atoms with Crippen molar-refractivity contribution in [2.24, 2.45) is 0 Å². The van der Waals surface area contributed by atoms with Crippen molar-refractivity contribution in [3.8, 4) is 12.3 Å². The fourth-order valence-corrected chi connectivity index (χ4v) is 1.12. The SMILES string of the molecule is C#CC(OC(=O)NCC)c1ccccc1. The molecule has 1 atom stereocenters. The summed E-state index contributed by atoms with van der Waals surface area (Å²) in [5.41, 5.74) is 0.797. The van der Waals surface area contributed by atoms with Crippen LogP contribution in [0.3, 0.4) is 0 Å². The highest BCUT2D eigenvalue weighted by molar-refractivity contribution is 5.67. The molecule has 1 aromatic rings. The molecule has 3 nitrogen and oxygen atoms in total. The molecule has 1 rings (SSSR count). The normalized spacial score (nSPS) is 11.2. The molecule has 0 aromatic heterocycles. The topological polar surface area (TPSA) is 38.3 Å². The average Bonchev–Trinajstić information content (AvgIpc) is 2.27. The molecule has 1 unspecified atom stereocenters. The number of amides is 1. The third-order valence-electron chi connectivity index (χ3n) is 1.80. The van der Waals surface area contributed by atoms with Crippen LogP contribution in [-0.2, 0) is 4.74 Å². The highest BCUT2D eigenvalue weighted by Gasteiger charge is 2.12. The monoisotopic (exact) mass is 203 g/mol. The third kappa shape index (κ3) is 3.35. The number of carbonyl (C=O) groups is 1. The van der Waals surface area contributed by atoms with E-state index in [-0.39, 0.29) is 0 Å². The van der Waals surface area contributed by atoms with Crippen molar-refractivity contribution in [2.75, 3.05) is 6.54 Å². The zero-order valence-electron chi connectivity index (χ0n) is 8.57. The number of nitrogens with one attached hydrogen (secondary N) is 1. The average molecular weight is 203 g/mol. The first-order valence-electron chi connectivity index (χ1n) is 4.73. The zero-order chi connectivity index (χ0) is 11.1. The van der Waals surface area contributed by atoms with E-state index in [2.05, 4.69) is 11.2 Å². The highest BCUT2D eigenvalue weighted by atomic mass is 16.6. The maximum Gasteiger partial charge on any atom is 0.408 e. The molecule has 0 spiro atoms. The summed E-state index contributed by atoms with van der Waals surface area (Å²) < 4.78 is 5.04. The maximum atomic E-state index is 11.2. The van der Waals surface area contributed by atoms with Gasteiger partial charge >= 0.3 is 6.09 Å². The van der Waals surface area contributed by atoms with Gasteiger partial charge in [0, 0.05) is 12.1 Å². The van der Waals surface area contributed by atoms with Crippen molar-refractivity contribution in [2.45, 2.75) is 13.0 Å². The lowest BCUT2D eigenvalue weighted by Gasteiger charge is -2.12. The molecule has 0 aliphatic rings. The second-order valence-corrected chi connectivity index (χ2v) is 2.89. The Morgan fingerprint density at radius 1 is 1.53 bits per heavy atom. The lowest BCUT2D eigenvalue weighted by atomic mass is 10.1. The molecule has 0 radical (unpaired) electrons. The van der Waals surface area contributed by atoms with Crippen molar-refractivity contribution in [3.05, 3.63) is 35.9 Å². The minimum atomic E-state index is -0.627. The summed E-state index contributed by atoms with van der Waals surface area (Å²) in [6, 6.07) is 9.22. The molecule has 0 aliphatic carbocycles. The second-order valence-electron chi connectivity index (χ2n) is 2.89. The van der Waals surface area contributed by atoms with Crippen molar-refractivity contribution >= 4 is 6.09 Å². The Hall–Kier alpha value is -1.95. The fourth-order valence-electron chi connectivity index (χ4n) is 1.12. The predicted molar refractivity (Wildman–Crippen MR) is 58.2 cm³/mol. The molecular weight excluding hydrogens is 190 g/mol. The first-order valence-corrected chi connectivity index (χ1v) is 4.73.